The van der Waals surface area contributed by atoms with Gasteiger partial charge in [0.2, 0.25) is 5.89 Å². The quantitative estimate of drug-likeness (QED) is 0.658. The Kier molecular flexibility index (Phi) is 6.73. The van der Waals surface area contributed by atoms with Crippen LogP contribution in [0.4, 0.5) is 0 Å². The van der Waals surface area contributed by atoms with Crippen LogP contribution >= 0.6 is 0 Å². The average molecular weight is 337 g/mol. The topological polar surface area (TPSA) is 77.6 Å². The maximum Gasteiger partial charge on any atom is 0.226 e. The molecule has 0 radical (unpaired) electrons. The molecule has 0 aliphatic carbocycles. The zero-order chi connectivity index (χ0) is 16.5. The Morgan fingerprint density at radius 2 is 2.09 bits per heavy atom. The largest absolute Gasteiger partial charge is 0.377 e. The predicted molar refractivity (Wildman–Crippen MR) is 89.5 cm³/mol. The van der Waals surface area contributed by atoms with Crippen molar-refractivity contribution in [3.05, 3.63) is 47.6 Å². The third kappa shape index (κ3) is 6.50. The van der Waals surface area contributed by atoms with Gasteiger partial charge in [0, 0.05) is 34.8 Å². The van der Waals surface area contributed by atoms with E-state index in [2.05, 4.69) is 14.5 Å². The number of aryl methyl sites for hydroxylation is 1. The highest BCUT2D eigenvalue weighted by atomic mass is 32.2. The third-order valence-electron chi connectivity index (χ3n) is 3.32. The van der Waals surface area contributed by atoms with E-state index in [0.29, 0.717) is 37.1 Å². The molecule has 0 N–H and O–H groups in total. The van der Waals surface area contributed by atoms with Crippen molar-refractivity contribution in [1.29, 1.82) is 0 Å². The first kappa shape index (κ1) is 17.6. The molecule has 6 nitrogen and oxygen atoms in total. The van der Waals surface area contributed by atoms with Crippen LogP contribution in [0.5, 0.6) is 0 Å². The van der Waals surface area contributed by atoms with E-state index in [4.69, 9.17) is 9.26 Å². The van der Waals surface area contributed by atoms with Gasteiger partial charge >= 0.3 is 0 Å². The first-order chi connectivity index (χ1) is 11.1. The maximum absolute atomic E-state index is 11.8. The molecule has 0 saturated heterocycles. The van der Waals surface area contributed by atoms with Crippen LogP contribution in [0.3, 0.4) is 0 Å². The number of benzene rings is 1. The molecular weight excluding hydrogens is 314 g/mol. The predicted octanol–water partition coefficient (Wildman–Crippen LogP) is 2.84. The minimum absolute atomic E-state index is 0.233. The van der Waals surface area contributed by atoms with Gasteiger partial charge in [-0.15, -0.1) is 0 Å². The first-order valence-electron chi connectivity index (χ1n) is 7.68. The van der Waals surface area contributed by atoms with Gasteiger partial charge in [-0.1, -0.05) is 42.4 Å². The minimum atomic E-state index is -2.13. The summed E-state index contributed by atoms with van der Waals surface area (Å²) < 4.78 is 26.7. The van der Waals surface area contributed by atoms with Crippen LogP contribution < -0.4 is 0 Å². The van der Waals surface area contributed by atoms with Crippen molar-refractivity contribution in [2.75, 3.05) is 18.6 Å². The van der Waals surface area contributed by atoms with E-state index in [1.54, 1.807) is 6.26 Å². The van der Waals surface area contributed by atoms with Gasteiger partial charge in [-0.3, -0.25) is 4.21 Å². The summed E-state index contributed by atoms with van der Waals surface area (Å²) in [5.41, 5.74) is 1.16. The SMILES string of the molecule is CCS(C)(=O)=NCc1noc(CCCOCc2ccccc2)n1. The van der Waals surface area contributed by atoms with Crippen molar-refractivity contribution in [3.8, 4) is 0 Å². The summed E-state index contributed by atoms with van der Waals surface area (Å²) in [6.07, 6.45) is 3.11. The monoisotopic (exact) mass is 337 g/mol. The van der Waals surface area contributed by atoms with Gasteiger partial charge in [-0.05, 0) is 12.0 Å². The lowest BCUT2D eigenvalue weighted by atomic mass is 10.2. The number of hydrogen-bond acceptors (Lipinski definition) is 6. The van der Waals surface area contributed by atoms with E-state index in [1.165, 1.54) is 0 Å². The Bertz CT molecular complexity index is 706. The molecule has 1 atom stereocenters. The van der Waals surface area contributed by atoms with E-state index in [-0.39, 0.29) is 6.54 Å². The lowest BCUT2D eigenvalue weighted by Gasteiger charge is -2.02. The molecule has 1 aromatic carbocycles. The minimum Gasteiger partial charge on any atom is -0.377 e. The molecule has 1 aromatic heterocycles. The molecule has 0 fully saturated rings. The second kappa shape index (κ2) is 8.79. The fourth-order valence-electron chi connectivity index (χ4n) is 1.83. The molecule has 23 heavy (non-hydrogen) atoms. The van der Waals surface area contributed by atoms with Crippen molar-refractivity contribution in [2.24, 2.45) is 4.36 Å². The van der Waals surface area contributed by atoms with Crippen molar-refractivity contribution in [1.82, 2.24) is 10.1 Å². The average Bonchev–Trinajstić information content (AvgIpc) is 3.02. The van der Waals surface area contributed by atoms with Crippen molar-refractivity contribution < 1.29 is 13.5 Å². The first-order valence-corrected chi connectivity index (χ1v) is 9.77. The van der Waals surface area contributed by atoms with Gasteiger partial charge in [-0.25, -0.2) is 4.36 Å². The van der Waals surface area contributed by atoms with Crippen LogP contribution in [0.15, 0.2) is 39.2 Å². The molecule has 0 bridgehead atoms. The lowest BCUT2D eigenvalue weighted by Crippen LogP contribution is -2.00. The van der Waals surface area contributed by atoms with Crippen LogP contribution in [0.25, 0.3) is 0 Å². The molecule has 126 valence electrons. The van der Waals surface area contributed by atoms with Crippen LogP contribution in [0, 0.1) is 0 Å². The van der Waals surface area contributed by atoms with Crippen molar-refractivity contribution in [3.63, 3.8) is 0 Å². The highest BCUT2D eigenvalue weighted by Gasteiger charge is 2.06. The number of aromatic nitrogens is 2. The molecule has 2 rings (SSSR count). The second-order valence-electron chi connectivity index (χ2n) is 5.28. The van der Waals surface area contributed by atoms with Gasteiger partial charge in [0.25, 0.3) is 0 Å². The maximum atomic E-state index is 11.8. The number of hydrogen-bond donors (Lipinski definition) is 0. The summed E-state index contributed by atoms with van der Waals surface area (Å²) >= 11 is 0. The van der Waals surface area contributed by atoms with Gasteiger partial charge in [0.1, 0.15) is 6.54 Å². The Labute approximate surface area is 137 Å². The molecule has 0 saturated carbocycles. The van der Waals surface area contributed by atoms with Crippen molar-refractivity contribution >= 4 is 9.73 Å². The molecule has 0 aliphatic rings. The summed E-state index contributed by atoms with van der Waals surface area (Å²) in [6.45, 7) is 3.33. The standard InChI is InChI=1S/C16H23N3O3S/c1-3-23(2,20)17-12-15-18-16(22-19-15)10-7-11-21-13-14-8-5-4-6-9-14/h4-6,8-9H,3,7,10-13H2,1-2H3. The second-order valence-corrected chi connectivity index (χ2v) is 8.04. The molecule has 1 unspecified atom stereocenters. The molecule has 0 amide bonds. The highest BCUT2D eigenvalue weighted by Crippen LogP contribution is 2.05. The van der Waals surface area contributed by atoms with Crippen LogP contribution in [0.1, 0.15) is 30.6 Å². The van der Waals surface area contributed by atoms with Crippen molar-refractivity contribution in [2.45, 2.75) is 32.9 Å². The summed E-state index contributed by atoms with van der Waals surface area (Å²) in [5.74, 6) is 1.57. The van der Waals surface area contributed by atoms with Crippen LogP contribution in [-0.4, -0.2) is 33.0 Å². The number of rotatable bonds is 9. The lowest BCUT2D eigenvalue weighted by molar-refractivity contribution is 0.117. The fourth-order valence-corrected chi connectivity index (χ4v) is 2.40. The Morgan fingerprint density at radius 1 is 1.30 bits per heavy atom. The van der Waals surface area contributed by atoms with Gasteiger partial charge < -0.3 is 9.26 Å². The number of nitrogens with zero attached hydrogens (tertiary/aromatic N) is 3. The summed E-state index contributed by atoms with van der Waals surface area (Å²) in [4.78, 5) is 4.25. The van der Waals surface area contributed by atoms with Crippen LogP contribution in [-0.2, 0) is 34.0 Å². The van der Waals surface area contributed by atoms with E-state index >= 15 is 0 Å². The summed E-state index contributed by atoms with van der Waals surface area (Å²) in [6, 6.07) is 10.1. The fraction of sp³-hybridized carbons (Fsp3) is 0.500. The zero-order valence-corrected chi connectivity index (χ0v) is 14.4. The molecule has 0 aliphatic heterocycles. The Morgan fingerprint density at radius 3 is 2.83 bits per heavy atom. The van der Waals surface area contributed by atoms with E-state index in [1.807, 2.05) is 37.3 Å². The van der Waals surface area contributed by atoms with E-state index in [0.717, 1.165) is 12.0 Å². The van der Waals surface area contributed by atoms with Crippen LogP contribution in [0.2, 0.25) is 0 Å². The Hall–Kier alpha value is -1.73. The third-order valence-corrected chi connectivity index (χ3v) is 5.06. The highest BCUT2D eigenvalue weighted by molar-refractivity contribution is 7.92. The summed E-state index contributed by atoms with van der Waals surface area (Å²) in [5, 5.41) is 3.85. The summed E-state index contributed by atoms with van der Waals surface area (Å²) in [7, 11) is -2.13. The molecule has 0 spiro atoms. The van der Waals surface area contributed by atoms with E-state index in [9.17, 15) is 4.21 Å². The van der Waals surface area contributed by atoms with E-state index < -0.39 is 9.73 Å². The normalized spacial score (nSPS) is 13.7. The number of ether oxygens (including phenoxy) is 1. The molecule has 7 heteroatoms. The van der Waals surface area contributed by atoms with Gasteiger partial charge in [0.05, 0.1) is 6.61 Å². The van der Waals surface area contributed by atoms with Gasteiger partial charge in [-0.2, -0.15) is 4.98 Å². The smallest absolute Gasteiger partial charge is 0.226 e. The molecule has 2 aromatic rings. The zero-order valence-electron chi connectivity index (χ0n) is 13.6. The molecular formula is C16H23N3O3S. The Balaban J connectivity index is 1.69. The van der Waals surface area contributed by atoms with Gasteiger partial charge in [0.15, 0.2) is 5.82 Å². The molecule has 1 heterocycles.